The second kappa shape index (κ2) is 11.2. The molecule has 0 unspecified atom stereocenters. The molecule has 0 aliphatic carbocycles. The Labute approximate surface area is 190 Å². The molecule has 1 saturated heterocycles. The van der Waals surface area contributed by atoms with Crippen molar-refractivity contribution in [3.05, 3.63) is 48.0 Å². The van der Waals surface area contributed by atoms with Crippen LogP contribution in [0.15, 0.2) is 46.9 Å². The number of fused-ring (bicyclic) bond motifs is 1. The average molecular weight is 438 g/mol. The third kappa shape index (κ3) is 5.94. The van der Waals surface area contributed by atoms with Gasteiger partial charge < -0.3 is 19.2 Å². The highest BCUT2D eigenvalue weighted by Crippen LogP contribution is 2.30. The molecule has 1 aliphatic heterocycles. The van der Waals surface area contributed by atoms with Gasteiger partial charge in [0.05, 0.1) is 13.2 Å². The van der Waals surface area contributed by atoms with Gasteiger partial charge in [-0.2, -0.15) is 4.98 Å². The van der Waals surface area contributed by atoms with E-state index < -0.39 is 0 Å². The summed E-state index contributed by atoms with van der Waals surface area (Å²) in [5.74, 6) is 1.71. The number of aromatic nitrogens is 1. The molecule has 32 heavy (non-hydrogen) atoms. The summed E-state index contributed by atoms with van der Waals surface area (Å²) in [5, 5.41) is 3.48. The summed E-state index contributed by atoms with van der Waals surface area (Å²) in [4.78, 5) is 7.04. The Balaban J connectivity index is 1.28. The van der Waals surface area contributed by atoms with E-state index >= 15 is 0 Å². The van der Waals surface area contributed by atoms with Crippen molar-refractivity contribution in [2.24, 2.45) is 0 Å². The van der Waals surface area contributed by atoms with Gasteiger partial charge in [-0.1, -0.05) is 38.0 Å². The van der Waals surface area contributed by atoms with Crippen molar-refractivity contribution in [2.45, 2.75) is 58.5 Å². The highest BCUT2D eigenvalue weighted by molar-refractivity contribution is 5.74. The van der Waals surface area contributed by atoms with Crippen molar-refractivity contribution in [3.8, 4) is 11.5 Å². The summed E-state index contributed by atoms with van der Waals surface area (Å²) < 4.78 is 17.6. The number of nitrogens with one attached hydrogen (secondary N) is 1. The lowest BCUT2D eigenvalue weighted by atomic mass is 10.0. The maximum atomic E-state index is 5.97. The molecule has 1 N–H and O–H groups in total. The molecule has 2 aromatic carbocycles. The second-order valence-corrected chi connectivity index (χ2v) is 8.45. The maximum absolute atomic E-state index is 5.97. The number of piperidine rings is 1. The smallest absolute Gasteiger partial charge is 0.295 e. The number of hydrogen-bond acceptors (Lipinski definition) is 6. The van der Waals surface area contributed by atoms with Gasteiger partial charge in [-0.25, -0.2) is 0 Å². The fourth-order valence-electron chi connectivity index (χ4n) is 4.17. The zero-order chi connectivity index (χ0) is 22.2. The molecular formula is C26H35N3O3. The molecule has 3 aromatic rings. The van der Waals surface area contributed by atoms with Gasteiger partial charge in [-0.15, -0.1) is 0 Å². The van der Waals surface area contributed by atoms with Gasteiger partial charge >= 0.3 is 0 Å². The summed E-state index contributed by atoms with van der Waals surface area (Å²) in [7, 11) is 0. The molecule has 4 rings (SSSR count). The average Bonchev–Trinajstić information content (AvgIpc) is 3.22. The van der Waals surface area contributed by atoms with Crippen molar-refractivity contribution in [1.82, 2.24) is 9.88 Å². The van der Waals surface area contributed by atoms with Gasteiger partial charge in [0, 0.05) is 25.7 Å². The number of likely N-dealkylation sites (tertiary alicyclic amines) is 1. The van der Waals surface area contributed by atoms with Crippen LogP contribution >= 0.6 is 0 Å². The number of anilines is 1. The summed E-state index contributed by atoms with van der Waals surface area (Å²) in [6.45, 7) is 8.60. The Kier molecular flexibility index (Phi) is 7.88. The predicted octanol–water partition coefficient (Wildman–Crippen LogP) is 5.87. The highest BCUT2D eigenvalue weighted by atomic mass is 16.5. The number of unbranched alkanes of at least 4 members (excludes halogenated alkanes) is 2. The molecule has 172 valence electrons. The van der Waals surface area contributed by atoms with Crippen LogP contribution in [0.25, 0.3) is 11.1 Å². The minimum absolute atomic E-state index is 0.386. The molecular weight excluding hydrogens is 402 g/mol. The Morgan fingerprint density at radius 1 is 1.03 bits per heavy atom. The zero-order valence-corrected chi connectivity index (χ0v) is 19.3. The van der Waals surface area contributed by atoms with Crippen LogP contribution in [0.3, 0.4) is 0 Å². The molecule has 0 spiro atoms. The predicted molar refractivity (Wildman–Crippen MR) is 129 cm³/mol. The van der Waals surface area contributed by atoms with Crippen LogP contribution in [0.2, 0.25) is 0 Å². The van der Waals surface area contributed by atoms with E-state index in [4.69, 9.17) is 13.9 Å². The van der Waals surface area contributed by atoms with Crippen LogP contribution in [0.4, 0.5) is 6.01 Å². The molecule has 0 saturated carbocycles. The first-order valence-electron chi connectivity index (χ1n) is 12.0. The van der Waals surface area contributed by atoms with Crippen molar-refractivity contribution in [1.29, 1.82) is 0 Å². The van der Waals surface area contributed by atoms with E-state index in [1.807, 2.05) is 31.2 Å². The van der Waals surface area contributed by atoms with Crippen molar-refractivity contribution >= 4 is 17.1 Å². The number of benzene rings is 2. The fraction of sp³-hybridized carbons (Fsp3) is 0.500. The summed E-state index contributed by atoms with van der Waals surface area (Å²) in [6.07, 6.45) is 5.60. The van der Waals surface area contributed by atoms with Crippen LogP contribution < -0.4 is 14.8 Å². The fourth-order valence-corrected chi connectivity index (χ4v) is 4.17. The van der Waals surface area contributed by atoms with E-state index in [0.29, 0.717) is 18.7 Å². The Bertz CT molecular complexity index is 946. The van der Waals surface area contributed by atoms with Gasteiger partial charge in [0.15, 0.2) is 17.1 Å². The van der Waals surface area contributed by atoms with Crippen molar-refractivity contribution in [2.75, 3.05) is 31.6 Å². The normalized spacial score (nSPS) is 15.2. The van der Waals surface area contributed by atoms with E-state index in [1.165, 1.54) is 18.4 Å². The summed E-state index contributed by atoms with van der Waals surface area (Å²) >= 11 is 0. The topological polar surface area (TPSA) is 59.8 Å². The van der Waals surface area contributed by atoms with Gasteiger partial charge in [-0.3, -0.25) is 4.90 Å². The third-order valence-electron chi connectivity index (χ3n) is 5.93. The highest BCUT2D eigenvalue weighted by Gasteiger charge is 2.21. The monoisotopic (exact) mass is 437 g/mol. The zero-order valence-electron chi connectivity index (χ0n) is 19.3. The van der Waals surface area contributed by atoms with E-state index in [9.17, 15) is 0 Å². The van der Waals surface area contributed by atoms with E-state index in [2.05, 4.69) is 40.3 Å². The van der Waals surface area contributed by atoms with Crippen LogP contribution in [0.5, 0.6) is 11.5 Å². The number of oxazole rings is 1. The molecule has 1 aromatic heterocycles. The first-order chi connectivity index (χ1) is 15.7. The number of nitrogens with zero attached hydrogens (tertiary/aromatic N) is 2. The quantitative estimate of drug-likeness (QED) is 0.379. The standard InChI is InChI=1S/C26H35N3O3/c1-3-5-8-17-31-24-12-11-20(18-25(24)30-4-2)19-29-15-13-21(14-16-29)27-26-28-22-9-6-7-10-23(22)32-26/h6-7,9-12,18,21H,3-5,8,13-17,19H2,1-2H3,(H,27,28). The molecule has 0 amide bonds. The lowest BCUT2D eigenvalue weighted by molar-refractivity contribution is 0.209. The molecule has 0 bridgehead atoms. The van der Waals surface area contributed by atoms with Gasteiger partial charge in [0.25, 0.3) is 6.01 Å². The number of rotatable bonds is 11. The molecule has 6 nitrogen and oxygen atoms in total. The first-order valence-corrected chi connectivity index (χ1v) is 12.0. The van der Waals surface area contributed by atoms with E-state index in [-0.39, 0.29) is 0 Å². The molecule has 2 heterocycles. The Morgan fingerprint density at radius 2 is 1.88 bits per heavy atom. The number of hydrogen-bond donors (Lipinski definition) is 1. The van der Waals surface area contributed by atoms with Crippen LogP contribution in [-0.2, 0) is 6.54 Å². The van der Waals surface area contributed by atoms with Crippen LogP contribution in [0, 0.1) is 0 Å². The molecule has 1 fully saturated rings. The van der Waals surface area contributed by atoms with Gasteiger partial charge in [0.2, 0.25) is 0 Å². The molecule has 0 atom stereocenters. The lowest BCUT2D eigenvalue weighted by Gasteiger charge is -2.32. The van der Waals surface area contributed by atoms with Crippen molar-refractivity contribution < 1.29 is 13.9 Å². The molecule has 1 aliphatic rings. The Hall–Kier alpha value is -2.73. The minimum atomic E-state index is 0.386. The van der Waals surface area contributed by atoms with E-state index in [1.54, 1.807) is 0 Å². The van der Waals surface area contributed by atoms with Crippen molar-refractivity contribution in [3.63, 3.8) is 0 Å². The summed E-state index contributed by atoms with van der Waals surface area (Å²) in [6, 6.07) is 15.3. The van der Waals surface area contributed by atoms with Crippen LogP contribution in [-0.4, -0.2) is 42.2 Å². The molecule has 6 heteroatoms. The number of ether oxygens (including phenoxy) is 2. The maximum Gasteiger partial charge on any atom is 0.295 e. The lowest BCUT2D eigenvalue weighted by Crippen LogP contribution is -2.38. The Morgan fingerprint density at radius 3 is 2.66 bits per heavy atom. The van der Waals surface area contributed by atoms with Gasteiger partial charge in [-0.05, 0) is 56.0 Å². The minimum Gasteiger partial charge on any atom is -0.490 e. The largest absolute Gasteiger partial charge is 0.490 e. The first kappa shape index (κ1) is 22.5. The third-order valence-corrected chi connectivity index (χ3v) is 5.93. The van der Waals surface area contributed by atoms with E-state index in [0.717, 1.165) is 68.1 Å². The van der Waals surface area contributed by atoms with Crippen LogP contribution in [0.1, 0.15) is 51.5 Å². The molecule has 0 radical (unpaired) electrons. The SMILES string of the molecule is CCCCCOc1ccc(CN2CCC(Nc3nc4ccccc4o3)CC2)cc1OCC. The second-order valence-electron chi connectivity index (χ2n) is 8.45. The number of para-hydroxylation sites is 2. The van der Waals surface area contributed by atoms with Gasteiger partial charge in [0.1, 0.15) is 5.52 Å². The summed E-state index contributed by atoms with van der Waals surface area (Å²) in [5.41, 5.74) is 2.99.